The van der Waals surface area contributed by atoms with Crippen molar-refractivity contribution in [3.05, 3.63) is 47.7 Å². The molecule has 1 N–H and O–H groups in total. The van der Waals surface area contributed by atoms with E-state index in [1.54, 1.807) is 25.1 Å². The lowest BCUT2D eigenvalue weighted by Crippen LogP contribution is -2.38. The number of benzene rings is 1. The molecule has 7 nitrogen and oxygen atoms in total. The highest BCUT2D eigenvalue weighted by Crippen LogP contribution is 2.13. The predicted octanol–water partition coefficient (Wildman–Crippen LogP) is 1.23. The van der Waals surface area contributed by atoms with Crippen molar-refractivity contribution >= 4 is 15.9 Å². The second kappa shape index (κ2) is 6.93. The van der Waals surface area contributed by atoms with Gasteiger partial charge in [-0.2, -0.15) is 4.31 Å². The summed E-state index contributed by atoms with van der Waals surface area (Å²) >= 11 is 0. The molecule has 1 heterocycles. The summed E-state index contributed by atoms with van der Waals surface area (Å²) in [5.74, 6) is 0.653. The Labute approximate surface area is 135 Å². The third-order valence-electron chi connectivity index (χ3n) is 3.33. The molecule has 0 unspecified atom stereocenters. The SMILES string of the molecule is Cc1nc(CNC(=O)CN(C)S(=O)(=O)c2ccccc2)oc1C. The number of nitrogens with one attached hydrogen (secondary N) is 1. The number of amides is 1. The summed E-state index contributed by atoms with van der Waals surface area (Å²) in [4.78, 5) is 16.2. The maximum Gasteiger partial charge on any atom is 0.243 e. The van der Waals surface area contributed by atoms with E-state index >= 15 is 0 Å². The summed E-state index contributed by atoms with van der Waals surface area (Å²) in [5, 5.41) is 2.59. The first-order valence-corrected chi connectivity index (χ1v) is 8.45. The van der Waals surface area contributed by atoms with E-state index in [1.165, 1.54) is 19.2 Å². The Hall–Kier alpha value is -2.19. The zero-order chi connectivity index (χ0) is 17.0. The molecule has 0 aliphatic rings. The number of aromatic nitrogens is 1. The van der Waals surface area contributed by atoms with E-state index in [0.29, 0.717) is 11.7 Å². The zero-order valence-corrected chi connectivity index (χ0v) is 14.1. The van der Waals surface area contributed by atoms with Gasteiger partial charge in [0.1, 0.15) is 5.76 Å². The molecule has 0 saturated carbocycles. The summed E-state index contributed by atoms with van der Waals surface area (Å²) in [6.45, 7) is 3.43. The molecule has 124 valence electrons. The van der Waals surface area contributed by atoms with Crippen LogP contribution in [0.15, 0.2) is 39.6 Å². The minimum Gasteiger partial charge on any atom is -0.444 e. The standard InChI is InChI=1S/C15H19N3O4S/c1-11-12(2)22-15(17-11)9-16-14(19)10-18(3)23(20,21)13-7-5-4-6-8-13/h4-8H,9-10H2,1-3H3,(H,16,19). The van der Waals surface area contributed by atoms with Gasteiger partial charge < -0.3 is 9.73 Å². The van der Waals surface area contributed by atoms with E-state index in [0.717, 1.165) is 10.00 Å². The highest BCUT2D eigenvalue weighted by molar-refractivity contribution is 7.89. The minimum absolute atomic E-state index is 0.118. The van der Waals surface area contributed by atoms with Crippen molar-refractivity contribution in [2.24, 2.45) is 0 Å². The average Bonchev–Trinajstić information content (AvgIpc) is 2.84. The molecule has 0 spiro atoms. The van der Waals surface area contributed by atoms with Crippen molar-refractivity contribution < 1.29 is 17.6 Å². The quantitative estimate of drug-likeness (QED) is 0.856. The number of rotatable bonds is 6. The van der Waals surface area contributed by atoms with E-state index in [1.807, 2.05) is 6.92 Å². The van der Waals surface area contributed by atoms with E-state index in [2.05, 4.69) is 10.3 Å². The van der Waals surface area contributed by atoms with Crippen molar-refractivity contribution in [1.29, 1.82) is 0 Å². The Kier molecular flexibility index (Phi) is 5.17. The molecule has 0 saturated heterocycles. The molecule has 0 aliphatic carbocycles. The molecule has 1 aromatic carbocycles. The number of hydrogen-bond acceptors (Lipinski definition) is 5. The molecule has 0 bridgehead atoms. The van der Waals surface area contributed by atoms with Crippen LogP contribution in [-0.2, 0) is 21.4 Å². The van der Waals surface area contributed by atoms with Crippen LogP contribution < -0.4 is 5.32 Å². The first-order chi connectivity index (χ1) is 10.8. The number of nitrogens with zero attached hydrogens (tertiary/aromatic N) is 2. The predicted molar refractivity (Wildman–Crippen MR) is 84.1 cm³/mol. The van der Waals surface area contributed by atoms with Gasteiger partial charge in [0, 0.05) is 7.05 Å². The van der Waals surface area contributed by atoms with E-state index in [9.17, 15) is 13.2 Å². The van der Waals surface area contributed by atoms with E-state index in [-0.39, 0.29) is 18.0 Å². The molecule has 23 heavy (non-hydrogen) atoms. The van der Waals surface area contributed by atoms with Crippen LogP contribution in [-0.4, -0.2) is 37.2 Å². The number of carbonyl (C=O) groups excluding carboxylic acids is 1. The fourth-order valence-electron chi connectivity index (χ4n) is 1.90. The Morgan fingerprint density at radius 1 is 1.26 bits per heavy atom. The van der Waals surface area contributed by atoms with Gasteiger partial charge >= 0.3 is 0 Å². The minimum atomic E-state index is -3.69. The largest absolute Gasteiger partial charge is 0.444 e. The van der Waals surface area contributed by atoms with Gasteiger partial charge in [-0.15, -0.1) is 0 Å². The van der Waals surface area contributed by atoms with Crippen LogP contribution in [0.3, 0.4) is 0 Å². The third kappa shape index (κ3) is 4.17. The molecule has 1 amide bonds. The molecule has 0 atom stereocenters. The Bertz CT molecular complexity index is 765. The van der Waals surface area contributed by atoms with Gasteiger partial charge in [-0.1, -0.05) is 18.2 Å². The maximum absolute atomic E-state index is 12.3. The molecule has 2 rings (SSSR count). The first-order valence-electron chi connectivity index (χ1n) is 7.01. The molecule has 0 radical (unpaired) electrons. The van der Waals surface area contributed by atoms with Crippen molar-refractivity contribution in [3.63, 3.8) is 0 Å². The van der Waals surface area contributed by atoms with Crippen LogP contribution in [0.5, 0.6) is 0 Å². The van der Waals surface area contributed by atoms with Crippen molar-refractivity contribution in [2.75, 3.05) is 13.6 Å². The summed E-state index contributed by atoms with van der Waals surface area (Å²) in [6, 6.07) is 7.97. The van der Waals surface area contributed by atoms with Gasteiger partial charge in [0.05, 0.1) is 23.7 Å². The number of hydrogen-bond donors (Lipinski definition) is 1. The second-order valence-electron chi connectivity index (χ2n) is 5.10. The van der Waals surface area contributed by atoms with Crippen LogP contribution in [0, 0.1) is 13.8 Å². The number of carbonyl (C=O) groups is 1. The van der Waals surface area contributed by atoms with Crippen LogP contribution in [0.4, 0.5) is 0 Å². The van der Waals surface area contributed by atoms with Crippen LogP contribution >= 0.6 is 0 Å². The first kappa shape index (κ1) is 17.2. The van der Waals surface area contributed by atoms with Gasteiger partial charge in [-0.3, -0.25) is 4.79 Å². The lowest BCUT2D eigenvalue weighted by atomic mass is 10.4. The monoisotopic (exact) mass is 337 g/mol. The van der Waals surface area contributed by atoms with E-state index < -0.39 is 15.9 Å². The average molecular weight is 337 g/mol. The molecule has 0 fully saturated rings. The molecular weight excluding hydrogens is 318 g/mol. The van der Waals surface area contributed by atoms with Crippen molar-refractivity contribution in [1.82, 2.24) is 14.6 Å². The van der Waals surface area contributed by atoms with Gasteiger partial charge in [-0.25, -0.2) is 13.4 Å². The fourth-order valence-corrected chi connectivity index (χ4v) is 3.05. The number of likely N-dealkylation sites (N-methyl/N-ethyl adjacent to an activating group) is 1. The number of sulfonamides is 1. The number of oxazole rings is 1. The van der Waals surface area contributed by atoms with Gasteiger partial charge in [0.25, 0.3) is 0 Å². The Morgan fingerprint density at radius 3 is 2.48 bits per heavy atom. The molecule has 2 aromatic rings. The smallest absolute Gasteiger partial charge is 0.243 e. The Morgan fingerprint density at radius 2 is 1.91 bits per heavy atom. The lowest BCUT2D eigenvalue weighted by molar-refractivity contribution is -0.121. The molecule has 1 aromatic heterocycles. The topological polar surface area (TPSA) is 92.5 Å². The normalized spacial score (nSPS) is 11.7. The molecular formula is C15H19N3O4S. The molecule has 0 aliphatic heterocycles. The number of aryl methyl sites for hydroxylation is 2. The van der Waals surface area contributed by atoms with Gasteiger partial charge in [-0.05, 0) is 26.0 Å². The van der Waals surface area contributed by atoms with Crippen LogP contribution in [0.25, 0.3) is 0 Å². The maximum atomic E-state index is 12.3. The van der Waals surface area contributed by atoms with Crippen molar-refractivity contribution in [3.8, 4) is 0 Å². The zero-order valence-electron chi connectivity index (χ0n) is 13.2. The highest BCUT2D eigenvalue weighted by Gasteiger charge is 2.22. The fraction of sp³-hybridized carbons (Fsp3) is 0.333. The lowest BCUT2D eigenvalue weighted by Gasteiger charge is -2.16. The van der Waals surface area contributed by atoms with Crippen LogP contribution in [0.2, 0.25) is 0 Å². The van der Waals surface area contributed by atoms with Crippen molar-refractivity contribution in [2.45, 2.75) is 25.3 Å². The summed E-state index contributed by atoms with van der Waals surface area (Å²) in [6.07, 6.45) is 0. The Balaban J connectivity index is 1.94. The van der Waals surface area contributed by atoms with E-state index in [4.69, 9.17) is 4.42 Å². The highest BCUT2D eigenvalue weighted by atomic mass is 32.2. The molecule has 8 heteroatoms. The van der Waals surface area contributed by atoms with Gasteiger partial charge in [0.2, 0.25) is 21.8 Å². The summed E-state index contributed by atoms with van der Waals surface area (Å²) in [7, 11) is -2.32. The third-order valence-corrected chi connectivity index (χ3v) is 5.14. The summed E-state index contributed by atoms with van der Waals surface area (Å²) < 4.78 is 31.0. The van der Waals surface area contributed by atoms with Gasteiger partial charge in [0.15, 0.2) is 0 Å². The van der Waals surface area contributed by atoms with Crippen LogP contribution in [0.1, 0.15) is 17.3 Å². The summed E-state index contributed by atoms with van der Waals surface area (Å²) in [5.41, 5.74) is 0.762. The second-order valence-corrected chi connectivity index (χ2v) is 7.14.